The SMILES string of the molecule is Cc1cc(C)c(S(=O)(=O)NCC(C)Oc2c(C)cccc2C)c(C)c1. The van der Waals surface area contributed by atoms with Crippen LogP contribution in [0, 0.1) is 34.6 Å². The minimum absolute atomic E-state index is 0.211. The predicted molar refractivity (Wildman–Crippen MR) is 102 cm³/mol. The van der Waals surface area contributed by atoms with E-state index in [-0.39, 0.29) is 12.6 Å². The summed E-state index contributed by atoms with van der Waals surface area (Å²) in [6, 6.07) is 9.72. The lowest BCUT2D eigenvalue weighted by molar-refractivity contribution is 0.222. The van der Waals surface area contributed by atoms with E-state index in [1.165, 1.54) is 0 Å². The van der Waals surface area contributed by atoms with Crippen molar-refractivity contribution in [3.05, 3.63) is 58.1 Å². The number of ether oxygens (including phenoxy) is 1. The zero-order valence-corrected chi connectivity index (χ0v) is 16.6. The molecule has 1 atom stereocenters. The number of para-hydroxylation sites is 1. The molecule has 25 heavy (non-hydrogen) atoms. The third kappa shape index (κ3) is 4.61. The van der Waals surface area contributed by atoms with Gasteiger partial charge in [0, 0.05) is 6.54 Å². The first-order chi connectivity index (χ1) is 11.6. The molecule has 2 aromatic carbocycles. The Bertz CT molecular complexity index is 829. The van der Waals surface area contributed by atoms with Crippen LogP contribution in [0.5, 0.6) is 5.75 Å². The number of hydrogen-bond acceptors (Lipinski definition) is 3. The fraction of sp³-hybridized carbons (Fsp3) is 0.400. The lowest BCUT2D eigenvalue weighted by Gasteiger charge is -2.19. The van der Waals surface area contributed by atoms with Crippen LogP contribution in [0.25, 0.3) is 0 Å². The highest BCUT2D eigenvalue weighted by Gasteiger charge is 2.21. The second-order valence-corrected chi connectivity index (χ2v) is 8.43. The molecule has 1 N–H and O–H groups in total. The molecule has 0 aliphatic carbocycles. The number of hydrogen-bond donors (Lipinski definition) is 1. The van der Waals surface area contributed by atoms with Crippen LogP contribution in [-0.2, 0) is 10.0 Å². The van der Waals surface area contributed by atoms with Gasteiger partial charge >= 0.3 is 0 Å². The van der Waals surface area contributed by atoms with Crippen LogP contribution in [0.3, 0.4) is 0 Å². The number of nitrogens with one attached hydrogen (secondary N) is 1. The van der Waals surface area contributed by atoms with Crippen LogP contribution in [0.1, 0.15) is 34.7 Å². The van der Waals surface area contributed by atoms with Crippen molar-refractivity contribution in [2.24, 2.45) is 0 Å². The largest absolute Gasteiger partial charge is 0.489 e. The third-order valence-electron chi connectivity index (χ3n) is 4.16. The van der Waals surface area contributed by atoms with Crippen LogP contribution in [-0.4, -0.2) is 21.1 Å². The zero-order chi connectivity index (χ0) is 18.8. The Kier molecular flexibility index (Phi) is 5.91. The van der Waals surface area contributed by atoms with Crippen LogP contribution < -0.4 is 9.46 Å². The summed E-state index contributed by atoms with van der Waals surface area (Å²) in [6.07, 6.45) is -0.277. The molecule has 0 saturated carbocycles. The van der Waals surface area contributed by atoms with Crippen LogP contribution in [0.15, 0.2) is 35.2 Å². The second kappa shape index (κ2) is 7.58. The molecule has 0 saturated heterocycles. The molecule has 1 unspecified atom stereocenters. The van der Waals surface area contributed by atoms with Crippen molar-refractivity contribution >= 4 is 10.0 Å². The zero-order valence-electron chi connectivity index (χ0n) is 15.8. The maximum Gasteiger partial charge on any atom is 0.241 e. The highest BCUT2D eigenvalue weighted by molar-refractivity contribution is 7.89. The molecule has 0 aromatic heterocycles. The Morgan fingerprint density at radius 2 is 1.48 bits per heavy atom. The monoisotopic (exact) mass is 361 g/mol. The lowest BCUT2D eigenvalue weighted by Crippen LogP contribution is -2.34. The second-order valence-electron chi connectivity index (χ2n) is 6.73. The molecular formula is C20H27NO3S. The molecule has 0 spiro atoms. The van der Waals surface area contributed by atoms with E-state index in [0.717, 1.165) is 33.6 Å². The average molecular weight is 362 g/mol. The summed E-state index contributed by atoms with van der Waals surface area (Å²) < 4.78 is 34.1. The molecule has 0 aliphatic rings. The van der Waals surface area contributed by atoms with Crippen molar-refractivity contribution in [3.8, 4) is 5.75 Å². The number of benzene rings is 2. The first-order valence-electron chi connectivity index (χ1n) is 8.42. The number of sulfonamides is 1. The van der Waals surface area contributed by atoms with Gasteiger partial charge in [0.1, 0.15) is 11.9 Å². The summed E-state index contributed by atoms with van der Waals surface area (Å²) in [5.74, 6) is 0.817. The molecule has 2 aromatic rings. The van der Waals surface area contributed by atoms with E-state index in [9.17, 15) is 8.42 Å². The topological polar surface area (TPSA) is 55.4 Å². The summed E-state index contributed by atoms with van der Waals surface area (Å²) in [5.41, 5.74) is 4.65. The molecule has 0 amide bonds. The van der Waals surface area contributed by atoms with Gasteiger partial charge in [-0.05, 0) is 63.8 Å². The maximum absolute atomic E-state index is 12.7. The number of aryl methyl sites for hydroxylation is 5. The van der Waals surface area contributed by atoms with Crippen molar-refractivity contribution in [2.45, 2.75) is 52.5 Å². The fourth-order valence-corrected chi connectivity index (χ4v) is 4.68. The normalized spacial score (nSPS) is 12.9. The van der Waals surface area contributed by atoms with Gasteiger partial charge < -0.3 is 4.74 Å². The van der Waals surface area contributed by atoms with Gasteiger partial charge in [-0.3, -0.25) is 0 Å². The van der Waals surface area contributed by atoms with E-state index in [1.807, 2.05) is 71.9 Å². The van der Waals surface area contributed by atoms with E-state index < -0.39 is 10.0 Å². The van der Waals surface area contributed by atoms with Crippen molar-refractivity contribution in [2.75, 3.05) is 6.54 Å². The van der Waals surface area contributed by atoms with Crippen LogP contribution in [0.2, 0.25) is 0 Å². The molecular weight excluding hydrogens is 334 g/mol. The Morgan fingerprint density at radius 3 is 2.00 bits per heavy atom. The Hall–Kier alpha value is -1.85. The molecule has 2 rings (SSSR count). The highest BCUT2D eigenvalue weighted by Crippen LogP contribution is 2.24. The first kappa shape index (κ1) is 19.5. The van der Waals surface area contributed by atoms with E-state index in [1.54, 1.807) is 0 Å². The molecule has 5 heteroatoms. The van der Waals surface area contributed by atoms with Gasteiger partial charge in [-0.15, -0.1) is 0 Å². The van der Waals surface area contributed by atoms with Gasteiger partial charge in [0.25, 0.3) is 0 Å². The summed E-state index contributed by atoms with van der Waals surface area (Å²) >= 11 is 0. The summed E-state index contributed by atoms with van der Waals surface area (Å²) in [4.78, 5) is 0.359. The average Bonchev–Trinajstić information content (AvgIpc) is 2.48. The Morgan fingerprint density at radius 1 is 0.960 bits per heavy atom. The van der Waals surface area contributed by atoms with Crippen molar-refractivity contribution in [1.29, 1.82) is 0 Å². The van der Waals surface area contributed by atoms with Gasteiger partial charge in [0.2, 0.25) is 10.0 Å². The Labute approximate surface area is 151 Å². The number of rotatable bonds is 6. The standard InChI is InChI=1S/C20H27NO3S/c1-13-10-16(4)20(17(5)11-13)25(22,23)21-12-18(6)24-19-14(2)8-7-9-15(19)3/h7-11,18,21H,12H2,1-6H3. The van der Waals surface area contributed by atoms with E-state index in [0.29, 0.717) is 4.90 Å². The lowest BCUT2D eigenvalue weighted by atomic mass is 10.1. The minimum atomic E-state index is -3.58. The van der Waals surface area contributed by atoms with Gasteiger partial charge in [-0.2, -0.15) is 0 Å². The van der Waals surface area contributed by atoms with Crippen LogP contribution >= 0.6 is 0 Å². The van der Waals surface area contributed by atoms with E-state index >= 15 is 0 Å². The smallest absolute Gasteiger partial charge is 0.241 e. The van der Waals surface area contributed by atoms with Crippen molar-refractivity contribution in [1.82, 2.24) is 4.72 Å². The minimum Gasteiger partial charge on any atom is -0.489 e. The third-order valence-corrected chi connectivity index (χ3v) is 5.89. The molecule has 4 nitrogen and oxygen atoms in total. The van der Waals surface area contributed by atoms with Gasteiger partial charge in [0.15, 0.2) is 0 Å². The van der Waals surface area contributed by atoms with Gasteiger partial charge in [-0.1, -0.05) is 35.9 Å². The Balaban J connectivity index is 2.12. The summed E-state index contributed by atoms with van der Waals surface area (Å²) in [6.45, 7) is 11.7. The highest BCUT2D eigenvalue weighted by atomic mass is 32.2. The summed E-state index contributed by atoms with van der Waals surface area (Å²) in [5, 5.41) is 0. The first-order valence-corrected chi connectivity index (χ1v) is 9.90. The molecule has 0 bridgehead atoms. The quantitative estimate of drug-likeness (QED) is 0.847. The van der Waals surface area contributed by atoms with Crippen molar-refractivity contribution in [3.63, 3.8) is 0 Å². The van der Waals surface area contributed by atoms with Crippen molar-refractivity contribution < 1.29 is 13.2 Å². The van der Waals surface area contributed by atoms with Gasteiger partial charge in [0.05, 0.1) is 4.90 Å². The maximum atomic E-state index is 12.7. The van der Waals surface area contributed by atoms with E-state index in [4.69, 9.17) is 4.74 Å². The fourth-order valence-electron chi connectivity index (χ4n) is 3.12. The predicted octanol–water partition coefficient (Wildman–Crippen LogP) is 3.97. The molecule has 0 aliphatic heterocycles. The molecule has 0 heterocycles. The molecule has 0 radical (unpaired) electrons. The summed E-state index contributed by atoms with van der Waals surface area (Å²) in [7, 11) is -3.58. The van der Waals surface area contributed by atoms with E-state index in [2.05, 4.69) is 4.72 Å². The van der Waals surface area contributed by atoms with Gasteiger partial charge in [-0.25, -0.2) is 13.1 Å². The molecule has 0 fully saturated rings. The van der Waals surface area contributed by atoms with Crippen LogP contribution in [0.4, 0.5) is 0 Å². The molecule has 136 valence electrons.